The van der Waals surface area contributed by atoms with Crippen molar-refractivity contribution in [2.45, 2.75) is 328 Å². The van der Waals surface area contributed by atoms with E-state index in [9.17, 15) is 19.0 Å². The number of amides is 1. The minimum absolute atomic E-state index is 0.0281. The first kappa shape index (κ1) is 81.9. The molecule has 0 bridgehead atoms. The molecule has 0 aliphatic carbocycles. The summed E-state index contributed by atoms with van der Waals surface area (Å²) in [6.07, 6.45) is 86.7. The van der Waals surface area contributed by atoms with Gasteiger partial charge in [-0.3, -0.25) is 14.2 Å². The highest BCUT2D eigenvalue weighted by atomic mass is 31.2. The number of rotatable bonds is 64. The van der Waals surface area contributed by atoms with Crippen LogP contribution < -0.4 is 10.2 Å². The van der Waals surface area contributed by atoms with Gasteiger partial charge in [0.15, 0.2) is 0 Å². The van der Waals surface area contributed by atoms with E-state index in [2.05, 4.69) is 111 Å². The largest absolute Gasteiger partial charge is 0.756 e. The van der Waals surface area contributed by atoms with Crippen LogP contribution in [0.5, 0.6) is 0 Å². The molecule has 0 saturated heterocycles. The van der Waals surface area contributed by atoms with Crippen LogP contribution in [0, 0.1) is 0 Å². The summed E-state index contributed by atoms with van der Waals surface area (Å²) in [6, 6.07) is -0.900. The molecular formula is C75H135N2O7P. The average Bonchev–Trinajstić information content (AvgIpc) is 3.58. The summed E-state index contributed by atoms with van der Waals surface area (Å²) in [5.74, 6) is -0.554. The number of phosphoric acid groups is 1. The Balaban J connectivity index is 5.07. The molecule has 0 radical (unpaired) electrons. The lowest BCUT2D eigenvalue weighted by molar-refractivity contribution is -0.870. The van der Waals surface area contributed by atoms with Gasteiger partial charge in [-0.2, -0.15) is 0 Å². The lowest BCUT2D eigenvalue weighted by Gasteiger charge is -2.30. The lowest BCUT2D eigenvalue weighted by Crippen LogP contribution is -2.47. The maximum Gasteiger partial charge on any atom is 0.306 e. The standard InChI is InChI=1S/C75H135N2O7P/c1-7-10-13-16-19-22-25-27-29-31-33-35-37-38-40-42-44-46-48-50-53-56-59-62-65-68-75(79)84-73(66-63-60-57-54-51-24-21-18-15-12-9-3)72(71-83-85(80,81)82-70-69-77(4,5)6)76-74(78)67-64-61-58-55-52-49-47-45-43-41-39-36-34-32-30-28-26-23-20-17-14-11-8-2/h10,13,19,22,27-30,33,35,38,40,44,46,63,66,72-73H,7-9,11-12,14-18,20-21,23-26,31-32,34,36-37,39,41-43,45,47-62,64-65,67-71H2,1-6H3,(H-,76,78,80,81)/b13-10-,22-19-,29-27-,30-28+,35-33-,40-38-,46-44-,66-63+. The van der Waals surface area contributed by atoms with Crippen molar-refractivity contribution >= 4 is 19.7 Å². The third-order valence-corrected chi connectivity index (χ3v) is 16.5. The molecule has 10 heteroatoms. The minimum atomic E-state index is -4.71. The van der Waals surface area contributed by atoms with E-state index < -0.39 is 26.6 Å². The van der Waals surface area contributed by atoms with Gasteiger partial charge in [0.1, 0.15) is 19.3 Å². The maximum absolute atomic E-state index is 13.6. The predicted octanol–water partition coefficient (Wildman–Crippen LogP) is 22.0. The molecule has 0 heterocycles. The van der Waals surface area contributed by atoms with E-state index in [1.54, 1.807) is 0 Å². The fourth-order valence-corrected chi connectivity index (χ4v) is 10.8. The lowest BCUT2D eigenvalue weighted by atomic mass is 10.0. The van der Waals surface area contributed by atoms with E-state index in [1.165, 1.54) is 161 Å². The van der Waals surface area contributed by atoms with E-state index in [0.29, 0.717) is 23.9 Å². The van der Waals surface area contributed by atoms with Gasteiger partial charge in [0.05, 0.1) is 33.8 Å². The van der Waals surface area contributed by atoms with Gasteiger partial charge in [0.25, 0.3) is 7.82 Å². The Bertz CT molecular complexity index is 1780. The van der Waals surface area contributed by atoms with Crippen molar-refractivity contribution in [3.8, 4) is 0 Å². The molecule has 1 amide bonds. The first-order chi connectivity index (χ1) is 41.4. The molecule has 0 spiro atoms. The SMILES string of the molecule is CC/C=C\C/C=C\C/C=C\C/C=C\C/C=C\C/C=C\CCCCCCCCC(=O)OC(/C=C/CCCCCCCCCCC)C(COP(=O)([O-])OCC[N+](C)(C)C)NC(=O)CCCCCCCCCCCCCCC/C=C/CCCCCCCC. The fraction of sp³-hybridized carbons (Fsp3) is 0.760. The Kier molecular flexibility index (Phi) is 61.6. The van der Waals surface area contributed by atoms with E-state index in [4.69, 9.17) is 13.8 Å². The molecule has 0 aliphatic rings. The number of nitrogens with zero attached hydrogens (tertiary/aromatic N) is 1. The molecule has 0 aromatic carbocycles. The summed E-state index contributed by atoms with van der Waals surface area (Å²) in [7, 11) is 1.17. The van der Waals surface area contributed by atoms with E-state index in [-0.39, 0.29) is 24.9 Å². The predicted molar refractivity (Wildman–Crippen MR) is 367 cm³/mol. The Morgan fingerprint density at radius 3 is 1.14 bits per heavy atom. The third kappa shape index (κ3) is 65.2. The number of carbonyl (C=O) groups is 2. The molecule has 3 unspecified atom stereocenters. The Morgan fingerprint density at radius 2 is 0.753 bits per heavy atom. The number of ether oxygens (including phenoxy) is 1. The van der Waals surface area contributed by atoms with Crippen molar-refractivity contribution < 1.29 is 37.3 Å². The monoisotopic (exact) mass is 1210 g/mol. The summed E-state index contributed by atoms with van der Waals surface area (Å²) >= 11 is 0. The van der Waals surface area contributed by atoms with Crippen LogP contribution in [0.4, 0.5) is 0 Å². The summed E-state index contributed by atoms with van der Waals surface area (Å²) in [6.45, 7) is 6.73. The topological polar surface area (TPSA) is 114 Å². The number of hydrogen-bond donors (Lipinski definition) is 1. The Morgan fingerprint density at radius 1 is 0.424 bits per heavy atom. The number of unbranched alkanes of at least 4 members (excludes halogenated alkanes) is 34. The number of phosphoric ester groups is 1. The van der Waals surface area contributed by atoms with Gasteiger partial charge < -0.3 is 28.5 Å². The van der Waals surface area contributed by atoms with E-state index in [1.807, 2.05) is 33.3 Å². The fourth-order valence-electron chi connectivity index (χ4n) is 10.1. The number of allylic oxidation sites excluding steroid dienone is 15. The van der Waals surface area contributed by atoms with Gasteiger partial charge in [-0.25, -0.2) is 0 Å². The molecule has 492 valence electrons. The molecule has 9 nitrogen and oxygen atoms in total. The van der Waals surface area contributed by atoms with Crippen molar-refractivity contribution in [3.63, 3.8) is 0 Å². The zero-order valence-corrected chi connectivity index (χ0v) is 57.2. The number of nitrogens with one attached hydrogen (secondary N) is 1. The smallest absolute Gasteiger partial charge is 0.306 e. The van der Waals surface area contributed by atoms with Crippen LogP contribution in [0.2, 0.25) is 0 Å². The first-order valence-electron chi connectivity index (χ1n) is 35.5. The zero-order valence-electron chi connectivity index (χ0n) is 56.3. The van der Waals surface area contributed by atoms with Gasteiger partial charge in [0, 0.05) is 12.8 Å². The molecule has 0 aliphatic heterocycles. The van der Waals surface area contributed by atoms with Crippen LogP contribution in [0.15, 0.2) is 97.2 Å². The highest BCUT2D eigenvalue weighted by Crippen LogP contribution is 2.38. The zero-order chi connectivity index (χ0) is 62.1. The van der Waals surface area contributed by atoms with E-state index >= 15 is 0 Å². The van der Waals surface area contributed by atoms with Crippen LogP contribution in [-0.4, -0.2) is 69.4 Å². The summed E-state index contributed by atoms with van der Waals surface area (Å²) in [5.41, 5.74) is 0. The average molecular weight is 1210 g/mol. The van der Waals surface area contributed by atoms with Crippen LogP contribution in [0.3, 0.4) is 0 Å². The normalized spacial score (nSPS) is 14.1. The number of esters is 1. The molecule has 1 N–H and O–H groups in total. The summed E-state index contributed by atoms with van der Waals surface area (Å²) in [4.78, 5) is 40.2. The number of carbonyl (C=O) groups excluding carboxylic acids is 2. The van der Waals surface area contributed by atoms with Crippen molar-refractivity contribution in [1.82, 2.24) is 5.32 Å². The van der Waals surface area contributed by atoms with Gasteiger partial charge >= 0.3 is 5.97 Å². The molecule has 85 heavy (non-hydrogen) atoms. The van der Waals surface area contributed by atoms with Crippen molar-refractivity contribution in [2.24, 2.45) is 0 Å². The second-order valence-corrected chi connectivity index (χ2v) is 26.4. The van der Waals surface area contributed by atoms with Gasteiger partial charge in [-0.05, 0) is 109 Å². The molecule has 0 aromatic rings. The molecule has 0 saturated carbocycles. The van der Waals surface area contributed by atoms with E-state index in [0.717, 1.165) is 116 Å². The second-order valence-electron chi connectivity index (χ2n) is 25.0. The first-order valence-corrected chi connectivity index (χ1v) is 37.0. The molecular weight excluding hydrogens is 1070 g/mol. The van der Waals surface area contributed by atoms with Gasteiger partial charge in [-0.1, -0.05) is 292 Å². The summed E-state index contributed by atoms with van der Waals surface area (Å²) < 4.78 is 30.4. The highest BCUT2D eigenvalue weighted by molar-refractivity contribution is 7.45. The van der Waals surface area contributed by atoms with Crippen molar-refractivity contribution in [1.29, 1.82) is 0 Å². The minimum Gasteiger partial charge on any atom is -0.756 e. The Hall–Kier alpha value is -3.07. The third-order valence-electron chi connectivity index (χ3n) is 15.5. The molecule has 0 fully saturated rings. The second kappa shape index (κ2) is 63.9. The molecule has 0 aromatic heterocycles. The quantitative estimate of drug-likeness (QED) is 0.0212. The summed E-state index contributed by atoms with van der Waals surface area (Å²) in [5, 5.41) is 3.04. The molecule has 0 rings (SSSR count). The Labute approximate surface area is 526 Å². The van der Waals surface area contributed by atoms with Crippen molar-refractivity contribution in [2.75, 3.05) is 40.9 Å². The maximum atomic E-state index is 13.6. The number of likely N-dealkylation sites (N-methyl/N-ethyl adjacent to an activating group) is 1. The van der Waals surface area contributed by atoms with Gasteiger partial charge in [0.2, 0.25) is 5.91 Å². The number of quaternary nitrogens is 1. The van der Waals surface area contributed by atoms with Crippen LogP contribution in [0.1, 0.15) is 316 Å². The molecule has 3 atom stereocenters. The van der Waals surface area contributed by atoms with Crippen LogP contribution in [-0.2, 0) is 27.9 Å². The van der Waals surface area contributed by atoms with Gasteiger partial charge in [-0.15, -0.1) is 0 Å². The van der Waals surface area contributed by atoms with Crippen molar-refractivity contribution in [3.05, 3.63) is 97.2 Å². The van der Waals surface area contributed by atoms with Crippen LogP contribution >= 0.6 is 7.82 Å². The van der Waals surface area contributed by atoms with Crippen LogP contribution in [0.25, 0.3) is 0 Å². The highest BCUT2D eigenvalue weighted by Gasteiger charge is 2.27. The number of hydrogen-bond acceptors (Lipinski definition) is 7.